The number of H-pyrrole nitrogens is 1. The predicted octanol–water partition coefficient (Wildman–Crippen LogP) is 4.41. The molecule has 4 N–H and O–H groups in total. The SMILES string of the molecule is O=C(N[C@H](Cc1c[nH]c2ccc(O)cc12)C(=O)O)OCC1c2ccccc2-c2ccccc21. The molecule has 0 fully saturated rings. The van der Waals surface area contributed by atoms with Crippen LogP contribution in [-0.2, 0) is 16.0 Å². The van der Waals surface area contributed by atoms with Crippen LogP contribution in [0.3, 0.4) is 0 Å². The van der Waals surface area contributed by atoms with E-state index < -0.39 is 18.1 Å². The lowest BCUT2D eigenvalue weighted by molar-refractivity contribution is -0.139. The number of rotatable bonds is 6. The average Bonchev–Trinajstić information content (AvgIpc) is 3.35. The van der Waals surface area contributed by atoms with E-state index in [9.17, 15) is 19.8 Å². The van der Waals surface area contributed by atoms with E-state index in [0.29, 0.717) is 10.9 Å². The van der Waals surface area contributed by atoms with Crippen LogP contribution < -0.4 is 5.32 Å². The van der Waals surface area contributed by atoms with Gasteiger partial charge in [0.25, 0.3) is 0 Å². The summed E-state index contributed by atoms with van der Waals surface area (Å²) in [7, 11) is 0. The minimum Gasteiger partial charge on any atom is -0.508 e. The molecule has 1 amide bonds. The highest BCUT2D eigenvalue weighted by Crippen LogP contribution is 2.44. The number of hydrogen-bond donors (Lipinski definition) is 4. The number of nitrogens with one attached hydrogen (secondary N) is 2. The Morgan fingerprint density at radius 2 is 1.67 bits per heavy atom. The van der Waals surface area contributed by atoms with Gasteiger partial charge in [0.15, 0.2) is 0 Å². The number of phenols is 1. The van der Waals surface area contributed by atoms with Crippen molar-refractivity contribution in [2.45, 2.75) is 18.4 Å². The molecule has 33 heavy (non-hydrogen) atoms. The number of benzene rings is 3. The molecule has 1 aromatic heterocycles. The van der Waals surface area contributed by atoms with Gasteiger partial charge in [-0.2, -0.15) is 0 Å². The van der Waals surface area contributed by atoms with Crippen LogP contribution in [-0.4, -0.2) is 39.9 Å². The van der Waals surface area contributed by atoms with Gasteiger partial charge in [-0.3, -0.25) is 0 Å². The lowest BCUT2D eigenvalue weighted by atomic mass is 9.98. The minimum atomic E-state index is -1.18. The van der Waals surface area contributed by atoms with Crippen LogP contribution in [0.2, 0.25) is 0 Å². The second kappa shape index (κ2) is 8.35. The van der Waals surface area contributed by atoms with Crippen LogP contribution in [0, 0.1) is 0 Å². The molecule has 0 saturated heterocycles. The molecule has 0 aliphatic heterocycles. The van der Waals surface area contributed by atoms with Gasteiger partial charge < -0.3 is 25.3 Å². The smallest absolute Gasteiger partial charge is 0.407 e. The molecule has 0 spiro atoms. The Hall–Kier alpha value is -4.26. The van der Waals surface area contributed by atoms with E-state index in [4.69, 9.17) is 4.74 Å². The van der Waals surface area contributed by atoms with Crippen LogP contribution in [0.1, 0.15) is 22.6 Å². The Balaban J connectivity index is 1.29. The Morgan fingerprint density at radius 1 is 1.00 bits per heavy atom. The second-order valence-corrected chi connectivity index (χ2v) is 8.11. The van der Waals surface area contributed by atoms with Gasteiger partial charge in [0, 0.05) is 29.4 Å². The molecule has 1 heterocycles. The zero-order valence-electron chi connectivity index (χ0n) is 17.6. The number of carboxylic acid groups (broad SMARTS) is 1. The van der Waals surface area contributed by atoms with E-state index in [2.05, 4.69) is 10.3 Å². The molecule has 0 radical (unpaired) electrons. The Morgan fingerprint density at radius 3 is 2.33 bits per heavy atom. The van der Waals surface area contributed by atoms with Crippen LogP contribution in [0.4, 0.5) is 4.79 Å². The summed E-state index contributed by atoms with van der Waals surface area (Å²) in [5.74, 6) is -1.19. The third-order valence-electron chi connectivity index (χ3n) is 6.11. The first kappa shape index (κ1) is 20.6. The van der Waals surface area contributed by atoms with Gasteiger partial charge in [-0.05, 0) is 46.0 Å². The fourth-order valence-corrected chi connectivity index (χ4v) is 4.54. The number of ether oxygens (including phenoxy) is 1. The first-order valence-electron chi connectivity index (χ1n) is 10.6. The number of amides is 1. The van der Waals surface area contributed by atoms with Gasteiger partial charge in [0.2, 0.25) is 0 Å². The fourth-order valence-electron chi connectivity index (χ4n) is 4.54. The monoisotopic (exact) mass is 442 g/mol. The van der Waals surface area contributed by atoms with E-state index in [1.54, 1.807) is 24.4 Å². The molecule has 0 bridgehead atoms. The maximum absolute atomic E-state index is 12.5. The van der Waals surface area contributed by atoms with Crippen LogP contribution in [0.5, 0.6) is 5.75 Å². The highest BCUT2D eigenvalue weighted by Gasteiger charge is 2.30. The molecule has 1 aliphatic rings. The van der Waals surface area contributed by atoms with E-state index in [1.807, 2.05) is 48.5 Å². The molecular weight excluding hydrogens is 420 g/mol. The zero-order valence-corrected chi connectivity index (χ0v) is 17.6. The molecular formula is C26H22N2O5. The van der Waals surface area contributed by atoms with Crippen molar-refractivity contribution in [2.75, 3.05) is 6.61 Å². The van der Waals surface area contributed by atoms with E-state index >= 15 is 0 Å². The Kier molecular flexibility index (Phi) is 5.22. The van der Waals surface area contributed by atoms with E-state index in [-0.39, 0.29) is 24.7 Å². The number of carbonyl (C=O) groups is 2. The summed E-state index contributed by atoms with van der Waals surface area (Å²) >= 11 is 0. The topological polar surface area (TPSA) is 112 Å². The quantitative estimate of drug-likeness (QED) is 0.353. The van der Waals surface area contributed by atoms with Gasteiger partial charge in [-0.1, -0.05) is 48.5 Å². The summed E-state index contributed by atoms with van der Waals surface area (Å²) in [6, 6.07) is 19.7. The lowest BCUT2D eigenvalue weighted by Gasteiger charge is -2.17. The molecule has 0 unspecified atom stereocenters. The number of fused-ring (bicyclic) bond motifs is 4. The summed E-state index contributed by atoms with van der Waals surface area (Å²) in [5, 5.41) is 22.6. The molecule has 1 aliphatic carbocycles. The molecule has 0 saturated carbocycles. The van der Waals surface area contributed by atoms with Gasteiger partial charge >= 0.3 is 12.1 Å². The van der Waals surface area contributed by atoms with Crippen molar-refractivity contribution < 1.29 is 24.5 Å². The van der Waals surface area contributed by atoms with Crippen LogP contribution in [0.15, 0.2) is 72.9 Å². The number of carboxylic acids is 1. The van der Waals surface area contributed by atoms with Crippen molar-refractivity contribution in [3.8, 4) is 16.9 Å². The molecule has 166 valence electrons. The summed E-state index contributed by atoms with van der Waals surface area (Å²) < 4.78 is 5.48. The number of aliphatic carboxylic acids is 1. The third-order valence-corrected chi connectivity index (χ3v) is 6.11. The van der Waals surface area contributed by atoms with Gasteiger partial charge in [-0.15, -0.1) is 0 Å². The van der Waals surface area contributed by atoms with Gasteiger partial charge in [-0.25, -0.2) is 9.59 Å². The predicted molar refractivity (Wildman–Crippen MR) is 123 cm³/mol. The maximum atomic E-state index is 12.5. The molecule has 1 atom stereocenters. The zero-order chi connectivity index (χ0) is 22.9. The largest absolute Gasteiger partial charge is 0.508 e. The number of carbonyl (C=O) groups excluding carboxylic acids is 1. The molecule has 7 heteroatoms. The Bertz CT molecular complexity index is 1310. The summed E-state index contributed by atoms with van der Waals surface area (Å²) in [6.45, 7) is 0.104. The number of phenolic OH excluding ortho intramolecular Hbond substituents is 1. The second-order valence-electron chi connectivity index (χ2n) is 8.11. The van der Waals surface area contributed by atoms with Crippen molar-refractivity contribution in [1.82, 2.24) is 10.3 Å². The van der Waals surface area contributed by atoms with Crippen molar-refractivity contribution >= 4 is 23.0 Å². The molecule has 7 nitrogen and oxygen atoms in total. The normalized spacial score (nSPS) is 13.3. The first-order valence-corrected chi connectivity index (χ1v) is 10.6. The van der Waals surface area contributed by atoms with E-state index in [1.165, 1.54) is 0 Å². The maximum Gasteiger partial charge on any atom is 0.407 e. The number of aromatic nitrogens is 1. The third kappa shape index (κ3) is 3.89. The van der Waals surface area contributed by atoms with Crippen molar-refractivity contribution in [1.29, 1.82) is 0 Å². The molecule has 5 rings (SSSR count). The summed E-state index contributed by atoms with van der Waals surface area (Å²) in [6.07, 6.45) is 0.939. The standard InChI is InChI=1S/C26H22N2O5/c29-16-9-10-23-21(12-16)15(13-27-23)11-24(25(30)31)28-26(32)33-14-22-19-7-3-1-5-17(19)18-6-2-4-8-20(18)22/h1-10,12-13,22,24,27,29H,11,14H2,(H,28,32)(H,30,31)/t24-/m1/s1. The lowest BCUT2D eigenvalue weighted by Crippen LogP contribution is -2.42. The number of alkyl carbamates (subject to hydrolysis) is 1. The van der Waals surface area contributed by atoms with Crippen molar-refractivity contribution in [3.63, 3.8) is 0 Å². The van der Waals surface area contributed by atoms with Crippen molar-refractivity contribution in [3.05, 3.63) is 89.6 Å². The van der Waals surface area contributed by atoms with Gasteiger partial charge in [0.1, 0.15) is 18.4 Å². The minimum absolute atomic E-state index is 0.0446. The highest BCUT2D eigenvalue weighted by molar-refractivity contribution is 5.86. The summed E-state index contributed by atoms with van der Waals surface area (Å²) in [4.78, 5) is 27.4. The first-order chi connectivity index (χ1) is 16.0. The number of hydrogen-bond acceptors (Lipinski definition) is 4. The number of aromatic amines is 1. The van der Waals surface area contributed by atoms with Crippen LogP contribution >= 0.6 is 0 Å². The number of aromatic hydroxyl groups is 1. The summed E-state index contributed by atoms with van der Waals surface area (Å²) in [5.41, 5.74) is 5.85. The fraction of sp³-hybridized carbons (Fsp3) is 0.154. The average molecular weight is 442 g/mol. The highest BCUT2D eigenvalue weighted by atomic mass is 16.5. The molecule has 4 aromatic rings. The van der Waals surface area contributed by atoms with Crippen molar-refractivity contribution in [2.24, 2.45) is 0 Å². The van der Waals surface area contributed by atoms with Gasteiger partial charge in [0.05, 0.1) is 0 Å². The van der Waals surface area contributed by atoms with E-state index in [0.717, 1.165) is 27.8 Å². The molecule has 3 aromatic carbocycles. The van der Waals surface area contributed by atoms with Crippen LogP contribution in [0.25, 0.3) is 22.0 Å². The Labute approximate surface area is 189 Å².